The number of hydrogen-bond donors (Lipinski definition) is 0. The van der Waals surface area contributed by atoms with Crippen LogP contribution in [0.4, 0.5) is 5.82 Å². The summed E-state index contributed by atoms with van der Waals surface area (Å²) in [6.45, 7) is 5.49. The number of likely N-dealkylation sites (tertiary alicyclic amines) is 1. The average molecular weight is 307 g/mol. The van der Waals surface area contributed by atoms with Crippen LogP contribution in [0.5, 0.6) is 5.75 Å². The second-order valence-electron chi connectivity index (χ2n) is 5.75. The van der Waals surface area contributed by atoms with E-state index >= 15 is 0 Å². The number of nitro groups is 1. The van der Waals surface area contributed by atoms with Crippen LogP contribution in [0.1, 0.15) is 38.8 Å². The summed E-state index contributed by atoms with van der Waals surface area (Å²) in [4.78, 5) is 28.4. The Morgan fingerprint density at radius 3 is 2.64 bits per heavy atom. The van der Waals surface area contributed by atoms with E-state index in [-0.39, 0.29) is 36.2 Å². The van der Waals surface area contributed by atoms with Gasteiger partial charge in [-0.05, 0) is 55.1 Å². The van der Waals surface area contributed by atoms with Gasteiger partial charge < -0.3 is 19.8 Å². The normalized spacial score (nSPS) is 21.5. The first kappa shape index (κ1) is 16.2. The third-order valence-electron chi connectivity index (χ3n) is 3.98. The van der Waals surface area contributed by atoms with Gasteiger partial charge in [0.1, 0.15) is 5.69 Å². The van der Waals surface area contributed by atoms with E-state index in [1.54, 1.807) is 13.0 Å². The van der Waals surface area contributed by atoms with Gasteiger partial charge in [-0.25, -0.2) is 0 Å². The number of aryl methyl sites for hydroxylation is 1. The summed E-state index contributed by atoms with van der Waals surface area (Å²) in [5.74, 6) is -0.469. The van der Waals surface area contributed by atoms with Crippen LogP contribution in [0.25, 0.3) is 0 Å². The van der Waals surface area contributed by atoms with E-state index in [4.69, 9.17) is 4.74 Å². The van der Waals surface area contributed by atoms with Crippen molar-refractivity contribution in [3.05, 3.63) is 27.9 Å². The van der Waals surface area contributed by atoms with Crippen LogP contribution >= 0.6 is 0 Å². The van der Waals surface area contributed by atoms with Gasteiger partial charge in [0.05, 0.1) is 0 Å². The Kier molecular flexibility index (Phi) is 4.95. The lowest BCUT2D eigenvalue weighted by Gasteiger charge is -2.38. The molecule has 1 saturated heterocycles. The van der Waals surface area contributed by atoms with E-state index in [1.807, 2.05) is 18.7 Å². The zero-order valence-corrected chi connectivity index (χ0v) is 13.1. The Morgan fingerprint density at radius 1 is 1.41 bits per heavy atom. The van der Waals surface area contributed by atoms with Crippen molar-refractivity contribution in [3.8, 4) is 5.75 Å². The van der Waals surface area contributed by atoms with Crippen molar-refractivity contribution < 1.29 is 14.5 Å². The van der Waals surface area contributed by atoms with Gasteiger partial charge in [-0.3, -0.25) is 4.79 Å². The van der Waals surface area contributed by atoms with E-state index in [2.05, 4.69) is 4.98 Å². The summed E-state index contributed by atoms with van der Waals surface area (Å²) in [6.07, 6.45) is 3.06. The van der Waals surface area contributed by atoms with Crippen molar-refractivity contribution >= 4 is 11.7 Å². The number of rotatable bonds is 4. The predicted octanol–water partition coefficient (Wildman–Crippen LogP) is 2.47. The van der Waals surface area contributed by atoms with Gasteiger partial charge in [0.15, 0.2) is 6.61 Å². The van der Waals surface area contributed by atoms with Crippen molar-refractivity contribution in [2.24, 2.45) is 0 Å². The highest BCUT2D eigenvalue weighted by Crippen LogP contribution is 2.26. The molecule has 0 aromatic carbocycles. The van der Waals surface area contributed by atoms with Crippen LogP contribution in [0.3, 0.4) is 0 Å². The lowest BCUT2D eigenvalue weighted by Crippen LogP contribution is -2.49. The Hall–Kier alpha value is -2.18. The zero-order chi connectivity index (χ0) is 16.3. The molecule has 22 heavy (non-hydrogen) atoms. The molecule has 1 aromatic rings. The lowest BCUT2D eigenvalue weighted by molar-refractivity contribution is -0.390. The molecule has 2 rings (SSSR count). The fourth-order valence-electron chi connectivity index (χ4n) is 2.90. The molecule has 1 aromatic heterocycles. The van der Waals surface area contributed by atoms with Gasteiger partial charge in [-0.1, -0.05) is 0 Å². The molecule has 1 amide bonds. The summed E-state index contributed by atoms with van der Waals surface area (Å²) in [5, 5.41) is 11.0. The fourth-order valence-corrected chi connectivity index (χ4v) is 2.90. The fraction of sp³-hybridized carbons (Fsp3) is 0.600. The predicted molar refractivity (Wildman–Crippen MR) is 80.7 cm³/mol. The van der Waals surface area contributed by atoms with Crippen LogP contribution in [-0.2, 0) is 4.79 Å². The molecule has 7 heteroatoms. The number of piperidine rings is 1. The minimum absolute atomic E-state index is 0.0289. The van der Waals surface area contributed by atoms with Gasteiger partial charge in [0.25, 0.3) is 5.91 Å². The van der Waals surface area contributed by atoms with Gasteiger partial charge in [0.2, 0.25) is 5.75 Å². The molecule has 2 atom stereocenters. The monoisotopic (exact) mass is 307 g/mol. The topological polar surface area (TPSA) is 85.6 Å². The Bertz CT molecular complexity index is 566. The van der Waals surface area contributed by atoms with Crippen molar-refractivity contribution in [2.45, 2.75) is 52.1 Å². The summed E-state index contributed by atoms with van der Waals surface area (Å²) < 4.78 is 5.37. The number of nitrogens with zero attached hydrogens (tertiary/aromatic N) is 3. The van der Waals surface area contributed by atoms with Crippen molar-refractivity contribution in [3.63, 3.8) is 0 Å². The molecule has 2 heterocycles. The molecule has 1 aliphatic heterocycles. The van der Waals surface area contributed by atoms with Gasteiger partial charge >= 0.3 is 5.82 Å². The molecule has 120 valence electrons. The number of amides is 1. The van der Waals surface area contributed by atoms with Crippen molar-refractivity contribution in [1.29, 1.82) is 0 Å². The molecule has 0 bridgehead atoms. The highest BCUT2D eigenvalue weighted by molar-refractivity contribution is 5.78. The quantitative estimate of drug-likeness (QED) is 0.630. The zero-order valence-electron chi connectivity index (χ0n) is 13.1. The Labute approximate surface area is 129 Å². The Balaban J connectivity index is 2.06. The van der Waals surface area contributed by atoms with Crippen LogP contribution < -0.4 is 4.74 Å². The van der Waals surface area contributed by atoms with Crippen LogP contribution in [0, 0.1) is 17.0 Å². The number of aromatic nitrogens is 1. The number of ether oxygens (including phenoxy) is 1. The third kappa shape index (κ3) is 3.52. The van der Waals surface area contributed by atoms with Crippen molar-refractivity contribution in [1.82, 2.24) is 9.88 Å². The summed E-state index contributed by atoms with van der Waals surface area (Å²) in [7, 11) is 0. The number of pyridine rings is 1. The molecule has 0 saturated carbocycles. The van der Waals surface area contributed by atoms with Gasteiger partial charge in [-0.15, -0.1) is 0 Å². The first-order valence-corrected chi connectivity index (χ1v) is 7.46. The molecule has 0 N–H and O–H groups in total. The van der Waals surface area contributed by atoms with Gasteiger partial charge in [-0.2, -0.15) is 0 Å². The number of hydrogen-bond acceptors (Lipinski definition) is 5. The molecular weight excluding hydrogens is 286 g/mol. The van der Waals surface area contributed by atoms with E-state index in [1.165, 1.54) is 6.07 Å². The van der Waals surface area contributed by atoms with Crippen LogP contribution in [0.15, 0.2) is 12.1 Å². The van der Waals surface area contributed by atoms with Gasteiger partial charge in [0, 0.05) is 19.0 Å². The molecule has 0 aliphatic carbocycles. The van der Waals surface area contributed by atoms with E-state index in [0.29, 0.717) is 5.69 Å². The van der Waals surface area contributed by atoms with E-state index in [9.17, 15) is 14.9 Å². The first-order chi connectivity index (χ1) is 10.4. The minimum atomic E-state index is -0.598. The molecule has 1 fully saturated rings. The van der Waals surface area contributed by atoms with E-state index < -0.39 is 4.92 Å². The molecule has 0 spiro atoms. The summed E-state index contributed by atoms with van der Waals surface area (Å²) in [5.41, 5.74) is 0.531. The van der Waals surface area contributed by atoms with Crippen LogP contribution in [0.2, 0.25) is 0 Å². The standard InChI is InChI=1S/C15H21N3O4/c1-10-7-8-13(15(16-10)18(20)21)22-9-14(19)17-11(2)5-4-6-12(17)3/h7-8,11-12H,4-6,9H2,1-3H3/t11-,12+. The van der Waals surface area contributed by atoms with E-state index in [0.717, 1.165) is 19.3 Å². The lowest BCUT2D eigenvalue weighted by atomic mass is 9.97. The van der Waals surface area contributed by atoms with Crippen LogP contribution in [-0.4, -0.2) is 39.4 Å². The molecule has 7 nitrogen and oxygen atoms in total. The highest BCUT2D eigenvalue weighted by Gasteiger charge is 2.29. The number of carbonyl (C=O) groups excluding carboxylic acids is 1. The second kappa shape index (κ2) is 6.72. The smallest absolute Gasteiger partial charge is 0.406 e. The summed E-state index contributed by atoms with van der Waals surface area (Å²) >= 11 is 0. The third-order valence-corrected chi connectivity index (χ3v) is 3.98. The SMILES string of the molecule is Cc1ccc(OCC(=O)N2[C@H](C)CCC[C@@H]2C)c([N+](=O)[O-])n1. The average Bonchev–Trinajstić information content (AvgIpc) is 2.45. The first-order valence-electron chi connectivity index (χ1n) is 7.46. The molecule has 0 radical (unpaired) electrons. The maximum Gasteiger partial charge on any atom is 0.406 e. The minimum Gasteiger partial charge on any atom is -0.476 e. The summed E-state index contributed by atoms with van der Waals surface area (Å²) in [6, 6.07) is 3.45. The Morgan fingerprint density at radius 2 is 2.05 bits per heavy atom. The number of carbonyl (C=O) groups is 1. The van der Waals surface area contributed by atoms with Crippen molar-refractivity contribution in [2.75, 3.05) is 6.61 Å². The molecule has 0 unspecified atom stereocenters. The molecule has 1 aliphatic rings. The maximum absolute atomic E-state index is 12.4. The second-order valence-corrected chi connectivity index (χ2v) is 5.75. The largest absolute Gasteiger partial charge is 0.476 e. The highest BCUT2D eigenvalue weighted by atomic mass is 16.6. The molecular formula is C15H21N3O4. The maximum atomic E-state index is 12.4.